The van der Waals surface area contributed by atoms with Crippen molar-refractivity contribution >= 4 is 11.0 Å². The number of nitrogens with zero attached hydrogens (tertiary/aromatic N) is 2. The Balaban J connectivity index is 2.39. The average Bonchev–Trinajstić information content (AvgIpc) is 2.71. The van der Waals surface area contributed by atoms with Gasteiger partial charge in [0.2, 0.25) is 0 Å². The van der Waals surface area contributed by atoms with Crippen molar-refractivity contribution in [2.45, 2.75) is 18.2 Å². The van der Waals surface area contributed by atoms with Crippen molar-refractivity contribution in [1.29, 1.82) is 0 Å². The van der Waals surface area contributed by atoms with Crippen LogP contribution in [0.3, 0.4) is 0 Å². The van der Waals surface area contributed by atoms with Crippen LogP contribution in [-0.2, 0) is 11.0 Å². The topological polar surface area (TPSA) is 60.9 Å². The summed E-state index contributed by atoms with van der Waals surface area (Å²) in [5.41, 5.74) is 0.958. The lowest BCUT2D eigenvalue weighted by Crippen LogP contribution is -2.04. The van der Waals surface area contributed by atoms with Crippen LogP contribution in [0.5, 0.6) is 0 Å². The molecule has 2 aromatic rings. The van der Waals surface area contributed by atoms with Crippen LogP contribution in [0.15, 0.2) is 35.2 Å². The second-order valence-electron chi connectivity index (χ2n) is 3.71. The zero-order chi connectivity index (χ0) is 13.3. The Morgan fingerprint density at radius 3 is 2.39 bits per heavy atom. The third-order valence-electron chi connectivity index (χ3n) is 2.44. The van der Waals surface area contributed by atoms with Crippen molar-refractivity contribution in [3.05, 3.63) is 41.7 Å². The average molecular weight is 271 g/mol. The minimum Gasteiger partial charge on any atom is -0.248 e. The van der Waals surface area contributed by atoms with E-state index in [1.807, 2.05) is 0 Å². The lowest BCUT2D eigenvalue weighted by molar-refractivity contribution is 0.145. The van der Waals surface area contributed by atoms with E-state index in [0.29, 0.717) is 16.3 Å². The Kier molecular flexibility index (Phi) is 3.53. The summed E-state index contributed by atoms with van der Waals surface area (Å²) in [6.07, 6.45) is -2.60. The number of hydrogen-bond acceptors (Lipinski definition) is 2. The quantitative estimate of drug-likeness (QED) is 0.929. The fraction of sp³-hybridized carbons (Fsp3) is 0.182. The number of aromatic nitrogens is 2. The highest BCUT2D eigenvalue weighted by Gasteiger charge is 2.14. The van der Waals surface area contributed by atoms with Crippen LogP contribution in [0.1, 0.15) is 17.8 Å². The maximum absolute atomic E-state index is 12.5. The van der Waals surface area contributed by atoms with E-state index in [0.717, 1.165) is 0 Å². The molecule has 4 nitrogen and oxygen atoms in total. The van der Waals surface area contributed by atoms with Crippen molar-refractivity contribution < 1.29 is 13.0 Å². The van der Waals surface area contributed by atoms with Gasteiger partial charge in [0.15, 0.2) is 0 Å². The maximum atomic E-state index is 12.5. The highest BCUT2D eigenvalue weighted by Crippen LogP contribution is 2.20. The number of benzene rings is 1. The summed E-state index contributed by atoms with van der Waals surface area (Å²) in [6.45, 7) is 1.69. The van der Waals surface area contributed by atoms with Gasteiger partial charge in [-0.3, -0.25) is 0 Å². The van der Waals surface area contributed by atoms with Crippen molar-refractivity contribution in [2.24, 2.45) is 5.14 Å². The van der Waals surface area contributed by atoms with Crippen LogP contribution >= 0.6 is 0 Å². The van der Waals surface area contributed by atoms with E-state index in [1.54, 1.807) is 31.2 Å². The standard InChI is InChI=1S/C11H11F2N3OS/c1-7-6-10(11(12)13)15-16(7)8-2-4-9(5-3-8)18(14)17/h2-6,11H,14H2,1H3. The minimum absolute atomic E-state index is 0.265. The molecule has 1 aromatic carbocycles. The van der Waals surface area contributed by atoms with Crippen molar-refractivity contribution in [2.75, 3.05) is 0 Å². The normalized spacial score (nSPS) is 12.9. The third kappa shape index (κ3) is 2.46. The molecule has 2 N–H and O–H groups in total. The Hall–Kier alpha value is -1.60. The summed E-state index contributed by atoms with van der Waals surface area (Å²) < 4.78 is 37.5. The molecule has 0 aliphatic carbocycles. The minimum atomic E-state index is -2.60. The number of nitrogens with two attached hydrogens (primary N) is 1. The smallest absolute Gasteiger partial charge is 0.248 e. The summed E-state index contributed by atoms with van der Waals surface area (Å²) in [7, 11) is -1.55. The summed E-state index contributed by atoms with van der Waals surface area (Å²) >= 11 is 0. The van der Waals surface area contributed by atoms with Gasteiger partial charge >= 0.3 is 0 Å². The second-order valence-corrected chi connectivity index (χ2v) is 4.78. The molecule has 0 fully saturated rings. The van der Waals surface area contributed by atoms with Gasteiger partial charge in [-0.1, -0.05) is 0 Å². The van der Waals surface area contributed by atoms with Gasteiger partial charge in [0.25, 0.3) is 6.43 Å². The number of halogens is 2. The summed E-state index contributed by atoms with van der Waals surface area (Å²) in [5.74, 6) is 0. The van der Waals surface area contributed by atoms with E-state index in [4.69, 9.17) is 5.14 Å². The molecular formula is C11H11F2N3OS. The van der Waals surface area contributed by atoms with E-state index < -0.39 is 17.4 Å². The Morgan fingerprint density at radius 1 is 1.33 bits per heavy atom. The monoisotopic (exact) mass is 271 g/mol. The number of alkyl halides is 2. The van der Waals surface area contributed by atoms with Gasteiger partial charge in [-0.2, -0.15) is 5.10 Å². The zero-order valence-corrected chi connectivity index (χ0v) is 10.3. The molecule has 2 rings (SSSR count). The molecule has 0 radical (unpaired) electrons. The van der Waals surface area contributed by atoms with Crippen molar-refractivity contribution in [3.8, 4) is 5.69 Å². The molecule has 1 atom stereocenters. The van der Waals surface area contributed by atoms with E-state index in [2.05, 4.69) is 5.10 Å². The molecule has 18 heavy (non-hydrogen) atoms. The molecule has 0 bridgehead atoms. The number of aryl methyl sites for hydroxylation is 1. The van der Waals surface area contributed by atoms with Crippen LogP contribution in [-0.4, -0.2) is 14.0 Å². The van der Waals surface area contributed by atoms with Crippen molar-refractivity contribution in [3.63, 3.8) is 0 Å². The summed E-state index contributed by atoms with van der Waals surface area (Å²) in [6, 6.07) is 7.76. The third-order valence-corrected chi connectivity index (χ3v) is 3.18. The van der Waals surface area contributed by atoms with Crippen LogP contribution in [0.25, 0.3) is 5.69 Å². The molecule has 1 unspecified atom stereocenters. The molecule has 7 heteroatoms. The lowest BCUT2D eigenvalue weighted by atomic mass is 10.3. The summed E-state index contributed by atoms with van der Waals surface area (Å²) in [5, 5.41) is 9.04. The molecule has 1 aromatic heterocycles. The zero-order valence-electron chi connectivity index (χ0n) is 9.51. The van der Waals surface area contributed by atoms with Gasteiger partial charge in [-0.25, -0.2) is 22.8 Å². The molecule has 0 spiro atoms. The van der Waals surface area contributed by atoms with E-state index in [9.17, 15) is 13.0 Å². The molecule has 0 aliphatic rings. The first-order chi connectivity index (χ1) is 8.49. The molecular weight excluding hydrogens is 260 g/mol. The van der Waals surface area contributed by atoms with Crippen LogP contribution in [0, 0.1) is 6.92 Å². The molecule has 0 saturated heterocycles. The predicted molar refractivity (Wildman–Crippen MR) is 63.9 cm³/mol. The highest BCUT2D eigenvalue weighted by atomic mass is 32.2. The SMILES string of the molecule is Cc1cc(C(F)F)nn1-c1ccc(S(N)=O)cc1. The fourth-order valence-electron chi connectivity index (χ4n) is 1.59. The fourth-order valence-corrected chi connectivity index (χ4v) is 1.99. The maximum Gasteiger partial charge on any atom is 0.282 e. The van der Waals surface area contributed by atoms with Crippen LogP contribution in [0.2, 0.25) is 0 Å². The van der Waals surface area contributed by atoms with Gasteiger partial charge in [-0.15, -0.1) is 0 Å². The second kappa shape index (κ2) is 4.95. The van der Waals surface area contributed by atoms with Gasteiger partial charge < -0.3 is 0 Å². The van der Waals surface area contributed by atoms with E-state index in [1.165, 1.54) is 10.7 Å². The van der Waals surface area contributed by atoms with Gasteiger partial charge in [-0.05, 0) is 37.3 Å². The molecule has 1 heterocycles. The van der Waals surface area contributed by atoms with Crippen molar-refractivity contribution in [1.82, 2.24) is 9.78 Å². The Labute approximate surface area is 105 Å². The van der Waals surface area contributed by atoms with E-state index in [-0.39, 0.29) is 5.69 Å². The predicted octanol–water partition coefficient (Wildman–Crippen LogP) is 2.10. The molecule has 0 amide bonds. The number of hydrogen-bond donors (Lipinski definition) is 1. The first-order valence-corrected chi connectivity index (χ1v) is 6.31. The first-order valence-electron chi connectivity index (χ1n) is 5.10. The van der Waals surface area contributed by atoms with E-state index >= 15 is 0 Å². The first kappa shape index (κ1) is 12.8. The molecule has 0 aliphatic heterocycles. The number of rotatable bonds is 3. The van der Waals surface area contributed by atoms with Gasteiger partial charge in [0, 0.05) is 5.69 Å². The Morgan fingerprint density at radius 2 is 1.94 bits per heavy atom. The van der Waals surface area contributed by atoms with Gasteiger partial charge in [0.05, 0.1) is 10.6 Å². The van der Waals surface area contributed by atoms with Crippen LogP contribution in [0.4, 0.5) is 8.78 Å². The molecule has 0 saturated carbocycles. The highest BCUT2D eigenvalue weighted by molar-refractivity contribution is 7.82. The molecule has 96 valence electrons. The largest absolute Gasteiger partial charge is 0.282 e. The van der Waals surface area contributed by atoms with Gasteiger partial charge in [0.1, 0.15) is 16.7 Å². The Bertz CT molecular complexity index is 580. The van der Waals surface area contributed by atoms with Crippen LogP contribution < -0.4 is 5.14 Å². The summed E-state index contributed by atoms with van der Waals surface area (Å²) in [4.78, 5) is 0.470. The lowest BCUT2D eigenvalue weighted by Gasteiger charge is -2.04.